The molecule has 0 unspecified atom stereocenters. The first-order chi connectivity index (χ1) is 8.95. The molecule has 0 spiro atoms. The summed E-state index contributed by atoms with van der Waals surface area (Å²) in [6.45, 7) is 6.65. The fourth-order valence-electron chi connectivity index (χ4n) is 2.18. The molecule has 3 nitrogen and oxygen atoms in total. The first kappa shape index (κ1) is 13.5. The van der Waals surface area contributed by atoms with Crippen LogP contribution in [0.4, 0.5) is 0 Å². The van der Waals surface area contributed by atoms with Gasteiger partial charge in [0.25, 0.3) is 0 Å². The molecule has 0 amide bonds. The maximum absolute atomic E-state index is 5.72. The normalized spacial score (nSPS) is 18.2. The van der Waals surface area contributed by atoms with Gasteiger partial charge in [-0.15, -0.1) is 0 Å². The second-order valence-electron chi connectivity index (χ2n) is 4.70. The van der Waals surface area contributed by atoms with Crippen LogP contribution in [0.3, 0.4) is 0 Å². The predicted molar refractivity (Wildman–Crippen MR) is 72.6 cm³/mol. The van der Waals surface area contributed by atoms with E-state index in [0.717, 1.165) is 58.9 Å². The minimum Gasteiger partial charge on any atom is -0.381 e. The molecule has 1 aliphatic rings. The number of benzene rings is 1. The Hall–Kier alpha value is -0.900. The summed E-state index contributed by atoms with van der Waals surface area (Å²) in [4.78, 5) is 2.48. The summed E-state index contributed by atoms with van der Waals surface area (Å²) in [7, 11) is 0. The second kappa shape index (κ2) is 8.25. The van der Waals surface area contributed by atoms with E-state index < -0.39 is 0 Å². The van der Waals surface area contributed by atoms with Crippen molar-refractivity contribution in [2.24, 2.45) is 0 Å². The Bertz CT molecular complexity index is 308. The summed E-state index contributed by atoms with van der Waals surface area (Å²) in [5, 5.41) is 0. The third-order valence-corrected chi connectivity index (χ3v) is 3.19. The highest BCUT2D eigenvalue weighted by molar-refractivity contribution is 5.13. The minimum absolute atomic E-state index is 0.720. The molecule has 1 heterocycles. The third-order valence-electron chi connectivity index (χ3n) is 3.19. The van der Waals surface area contributed by atoms with E-state index in [1.54, 1.807) is 0 Å². The van der Waals surface area contributed by atoms with Gasteiger partial charge in [-0.1, -0.05) is 30.3 Å². The second-order valence-corrected chi connectivity index (χ2v) is 4.70. The van der Waals surface area contributed by atoms with E-state index in [9.17, 15) is 0 Å². The quantitative estimate of drug-likeness (QED) is 0.748. The van der Waals surface area contributed by atoms with E-state index in [-0.39, 0.29) is 0 Å². The van der Waals surface area contributed by atoms with E-state index in [0.29, 0.717) is 0 Å². The number of rotatable bonds is 5. The Labute approximate surface area is 110 Å². The van der Waals surface area contributed by atoms with Crippen LogP contribution in [0.15, 0.2) is 30.3 Å². The maximum atomic E-state index is 5.72. The van der Waals surface area contributed by atoms with Gasteiger partial charge in [-0.25, -0.2) is 0 Å². The van der Waals surface area contributed by atoms with Crippen molar-refractivity contribution >= 4 is 0 Å². The van der Waals surface area contributed by atoms with Crippen molar-refractivity contribution in [2.75, 3.05) is 39.5 Å². The topological polar surface area (TPSA) is 21.7 Å². The lowest BCUT2D eigenvalue weighted by Crippen LogP contribution is -2.32. The van der Waals surface area contributed by atoms with E-state index in [2.05, 4.69) is 29.2 Å². The summed E-state index contributed by atoms with van der Waals surface area (Å²) in [5.41, 5.74) is 1.25. The zero-order chi connectivity index (χ0) is 12.5. The lowest BCUT2D eigenvalue weighted by molar-refractivity contribution is 0.0616. The molecule has 0 bridgehead atoms. The monoisotopic (exact) mass is 249 g/mol. The smallest absolute Gasteiger partial charge is 0.0717 e. The average molecular weight is 249 g/mol. The molecule has 1 fully saturated rings. The van der Waals surface area contributed by atoms with Crippen LogP contribution in [0, 0.1) is 0 Å². The van der Waals surface area contributed by atoms with E-state index in [1.807, 2.05) is 6.07 Å². The van der Waals surface area contributed by atoms with Crippen LogP contribution in [0.5, 0.6) is 0 Å². The van der Waals surface area contributed by atoms with Gasteiger partial charge >= 0.3 is 0 Å². The molecule has 100 valence electrons. The number of hydrogen-bond donors (Lipinski definition) is 0. The van der Waals surface area contributed by atoms with Gasteiger partial charge in [-0.3, -0.25) is 0 Å². The standard InChI is InChI=1S/C15H23NO2/c1-2-6-15(7-3-1)14-18-13-10-16-8-4-11-17-12-5-9-16/h1-3,6-7H,4-5,8-14H2. The van der Waals surface area contributed by atoms with Crippen molar-refractivity contribution in [1.29, 1.82) is 0 Å². The summed E-state index contributed by atoms with van der Waals surface area (Å²) in [6.07, 6.45) is 2.28. The molecule has 0 saturated carbocycles. The summed E-state index contributed by atoms with van der Waals surface area (Å²) >= 11 is 0. The third kappa shape index (κ3) is 5.17. The van der Waals surface area contributed by atoms with Gasteiger partial charge in [-0.2, -0.15) is 0 Å². The molecule has 1 aliphatic heterocycles. The highest BCUT2D eigenvalue weighted by Gasteiger charge is 2.07. The first-order valence-corrected chi connectivity index (χ1v) is 6.87. The van der Waals surface area contributed by atoms with E-state index in [1.165, 1.54) is 5.56 Å². The Morgan fingerprint density at radius 2 is 1.78 bits per heavy atom. The largest absolute Gasteiger partial charge is 0.381 e. The van der Waals surface area contributed by atoms with Crippen molar-refractivity contribution < 1.29 is 9.47 Å². The molecule has 0 aliphatic carbocycles. The van der Waals surface area contributed by atoms with Gasteiger partial charge in [0.2, 0.25) is 0 Å². The van der Waals surface area contributed by atoms with Crippen LogP contribution < -0.4 is 0 Å². The predicted octanol–water partition coefficient (Wildman–Crippen LogP) is 2.32. The Balaban J connectivity index is 1.59. The zero-order valence-corrected chi connectivity index (χ0v) is 11.0. The highest BCUT2D eigenvalue weighted by Crippen LogP contribution is 2.03. The van der Waals surface area contributed by atoms with Crippen molar-refractivity contribution in [3.63, 3.8) is 0 Å². The zero-order valence-electron chi connectivity index (χ0n) is 11.0. The van der Waals surface area contributed by atoms with Gasteiger partial charge in [-0.05, 0) is 18.4 Å². The summed E-state index contributed by atoms with van der Waals surface area (Å²) in [5.74, 6) is 0. The Morgan fingerprint density at radius 3 is 2.50 bits per heavy atom. The molecule has 0 radical (unpaired) electrons. The van der Waals surface area contributed by atoms with Gasteiger partial charge in [0, 0.05) is 32.8 Å². The number of nitrogens with zero attached hydrogens (tertiary/aromatic N) is 1. The van der Waals surface area contributed by atoms with Gasteiger partial charge in [0.05, 0.1) is 13.2 Å². The lowest BCUT2D eigenvalue weighted by Gasteiger charge is -2.24. The number of hydrogen-bond acceptors (Lipinski definition) is 3. The average Bonchev–Trinajstić information content (AvgIpc) is 2.38. The molecule has 18 heavy (non-hydrogen) atoms. The van der Waals surface area contributed by atoms with Gasteiger partial charge in [0.15, 0.2) is 0 Å². The van der Waals surface area contributed by atoms with Crippen LogP contribution in [0.1, 0.15) is 18.4 Å². The van der Waals surface area contributed by atoms with Crippen molar-refractivity contribution in [1.82, 2.24) is 4.90 Å². The molecule has 2 rings (SSSR count). The van der Waals surface area contributed by atoms with Crippen LogP contribution in [0.25, 0.3) is 0 Å². The van der Waals surface area contributed by atoms with Crippen molar-refractivity contribution in [3.8, 4) is 0 Å². The first-order valence-electron chi connectivity index (χ1n) is 6.87. The van der Waals surface area contributed by atoms with E-state index >= 15 is 0 Å². The number of ether oxygens (including phenoxy) is 2. The highest BCUT2D eigenvalue weighted by atomic mass is 16.5. The summed E-state index contributed by atoms with van der Waals surface area (Å²) < 4.78 is 11.2. The molecule has 1 aromatic carbocycles. The molecular weight excluding hydrogens is 226 g/mol. The molecule has 0 aromatic heterocycles. The summed E-state index contributed by atoms with van der Waals surface area (Å²) in [6, 6.07) is 10.3. The molecule has 1 aromatic rings. The Kier molecular flexibility index (Phi) is 6.20. The van der Waals surface area contributed by atoms with Gasteiger partial charge in [0.1, 0.15) is 0 Å². The molecule has 0 N–H and O–H groups in total. The van der Waals surface area contributed by atoms with Gasteiger partial charge < -0.3 is 14.4 Å². The van der Waals surface area contributed by atoms with Crippen molar-refractivity contribution in [2.45, 2.75) is 19.4 Å². The van der Waals surface area contributed by atoms with Crippen molar-refractivity contribution in [3.05, 3.63) is 35.9 Å². The molecular formula is C15H23NO2. The van der Waals surface area contributed by atoms with Crippen LogP contribution in [-0.4, -0.2) is 44.4 Å². The molecule has 0 atom stereocenters. The fourth-order valence-corrected chi connectivity index (χ4v) is 2.18. The minimum atomic E-state index is 0.720. The Morgan fingerprint density at radius 1 is 1.06 bits per heavy atom. The lowest BCUT2D eigenvalue weighted by atomic mass is 10.2. The fraction of sp³-hybridized carbons (Fsp3) is 0.600. The van der Waals surface area contributed by atoms with Crippen LogP contribution in [-0.2, 0) is 16.1 Å². The molecule has 3 heteroatoms. The van der Waals surface area contributed by atoms with Crippen LogP contribution in [0.2, 0.25) is 0 Å². The van der Waals surface area contributed by atoms with Crippen LogP contribution >= 0.6 is 0 Å². The SMILES string of the molecule is c1ccc(COCCN2CCCOCCC2)cc1. The van der Waals surface area contributed by atoms with E-state index in [4.69, 9.17) is 9.47 Å². The molecule has 1 saturated heterocycles. The maximum Gasteiger partial charge on any atom is 0.0717 e.